The second kappa shape index (κ2) is 7.85. The van der Waals surface area contributed by atoms with Crippen molar-refractivity contribution in [2.45, 2.75) is 30.0 Å². The number of thiophene rings is 1. The zero-order valence-corrected chi connectivity index (χ0v) is 16.0. The highest BCUT2D eigenvalue weighted by molar-refractivity contribution is 7.91. The quantitative estimate of drug-likeness (QED) is 0.844. The highest BCUT2D eigenvalue weighted by Gasteiger charge is 2.32. The first-order chi connectivity index (χ1) is 12.4. The molecule has 8 heteroatoms. The van der Waals surface area contributed by atoms with E-state index in [1.54, 1.807) is 29.6 Å². The highest BCUT2D eigenvalue weighted by Crippen LogP contribution is 2.27. The Hall–Kier alpha value is -1.77. The lowest BCUT2D eigenvalue weighted by molar-refractivity contribution is -0.126. The second-order valence-corrected chi connectivity index (χ2v) is 9.50. The van der Waals surface area contributed by atoms with Gasteiger partial charge in [-0.3, -0.25) is 4.79 Å². The van der Waals surface area contributed by atoms with Crippen molar-refractivity contribution in [2.75, 3.05) is 13.1 Å². The molecule has 3 rings (SSSR count). The average molecular weight is 397 g/mol. The molecule has 1 aromatic carbocycles. The summed E-state index contributed by atoms with van der Waals surface area (Å²) in [6.07, 6.45) is 0.985. The molecule has 1 fully saturated rings. The van der Waals surface area contributed by atoms with Gasteiger partial charge in [-0.1, -0.05) is 18.2 Å². The maximum absolute atomic E-state index is 13.0. The Morgan fingerprint density at radius 3 is 2.46 bits per heavy atom. The van der Waals surface area contributed by atoms with Crippen molar-refractivity contribution < 1.29 is 17.6 Å². The number of sulfonamides is 1. The molecule has 1 amide bonds. The number of amides is 1. The van der Waals surface area contributed by atoms with E-state index in [9.17, 15) is 17.6 Å². The van der Waals surface area contributed by atoms with Crippen LogP contribution in [0.4, 0.5) is 4.39 Å². The molecule has 0 radical (unpaired) electrons. The summed E-state index contributed by atoms with van der Waals surface area (Å²) in [7, 11) is -3.45. The molecule has 5 nitrogen and oxygen atoms in total. The fraction of sp³-hybridized carbons (Fsp3) is 0.389. The third-order valence-electron chi connectivity index (χ3n) is 4.64. The summed E-state index contributed by atoms with van der Waals surface area (Å²) in [5.74, 6) is -0.616. The van der Waals surface area contributed by atoms with E-state index >= 15 is 0 Å². The van der Waals surface area contributed by atoms with E-state index in [1.165, 1.54) is 27.8 Å². The number of nitrogens with zero attached hydrogens (tertiary/aromatic N) is 1. The lowest BCUT2D eigenvalue weighted by Gasteiger charge is -2.30. The zero-order valence-electron chi connectivity index (χ0n) is 14.4. The topological polar surface area (TPSA) is 66.5 Å². The number of piperidine rings is 1. The van der Waals surface area contributed by atoms with Crippen LogP contribution in [0.5, 0.6) is 0 Å². The van der Waals surface area contributed by atoms with E-state index in [0.717, 1.165) is 5.56 Å². The van der Waals surface area contributed by atoms with E-state index in [0.29, 0.717) is 30.1 Å². The van der Waals surface area contributed by atoms with Crippen LogP contribution in [0.25, 0.3) is 0 Å². The Balaban J connectivity index is 1.56. The maximum Gasteiger partial charge on any atom is 0.252 e. The molecule has 1 atom stereocenters. The van der Waals surface area contributed by atoms with Crippen molar-refractivity contribution in [3.63, 3.8) is 0 Å². The summed E-state index contributed by atoms with van der Waals surface area (Å²) < 4.78 is 39.8. The van der Waals surface area contributed by atoms with Gasteiger partial charge in [-0.05, 0) is 48.9 Å². The lowest BCUT2D eigenvalue weighted by Crippen LogP contribution is -2.43. The van der Waals surface area contributed by atoms with E-state index in [1.807, 2.05) is 6.92 Å². The summed E-state index contributed by atoms with van der Waals surface area (Å²) >= 11 is 1.20. The van der Waals surface area contributed by atoms with Gasteiger partial charge in [0, 0.05) is 19.0 Å². The summed E-state index contributed by atoms with van der Waals surface area (Å²) in [6.45, 7) is 2.52. The normalized spacial score (nSPS) is 17.8. The Morgan fingerprint density at radius 2 is 1.88 bits per heavy atom. The van der Waals surface area contributed by atoms with Crippen LogP contribution >= 0.6 is 11.3 Å². The van der Waals surface area contributed by atoms with Gasteiger partial charge in [0.1, 0.15) is 10.0 Å². The van der Waals surface area contributed by atoms with Gasteiger partial charge in [-0.2, -0.15) is 4.31 Å². The third-order valence-corrected chi connectivity index (χ3v) is 7.91. The Labute approximate surface area is 156 Å². The molecule has 0 saturated carbocycles. The van der Waals surface area contributed by atoms with Crippen LogP contribution in [-0.2, 0) is 14.8 Å². The molecule has 0 bridgehead atoms. The first-order valence-corrected chi connectivity index (χ1v) is 10.8. The van der Waals surface area contributed by atoms with E-state index < -0.39 is 10.0 Å². The molecule has 1 aromatic heterocycles. The molecular weight excluding hydrogens is 375 g/mol. The number of nitrogens with one attached hydrogen (secondary N) is 1. The fourth-order valence-corrected chi connectivity index (χ4v) is 5.68. The number of benzene rings is 1. The number of carbonyl (C=O) groups is 1. The molecule has 2 aromatic rings. The van der Waals surface area contributed by atoms with Crippen molar-refractivity contribution in [3.8, 4) is 0 Å². The first-order valence-electron chi connectivity index (χ1n) is 8.47. The molecule has 0 spiro atoms. The molecule has 1 aliphatic heterocycles. The molecule has 2 heterocycles. The zero-order chi connectivity index (χ0) is 18.7. The number of rotatable bonds is 5. The van der Waals surface area contributed by atoms with Gasteiger partial charge >= 0.3 is 0 Å². The Kier molecular flexibility index (Phi) is 5.74. The molecule has 1 N–H and O–H groups in total. The summed E-state index contributed by atoms with van der Waals surface area (Å²) in [6, 6.07) is 9.12. The lowest BCUT2D eigenvalue weighted by atomic mass is 9.96. The van der Waals surface area contributed by atoms with Crippen LogP contribution < -0.4 is 5.32 Å². The van der Waals surface area contributed by atoms with E-state index in [2.05, 4.69) is 5.32 Å². The molecule has 1 saturated heterocycles. The van der Waals surface area contributed by atoms with Crippen molar-refractivity contribution in [3.05, 3.63) is 53.2 Å². The van der Waals surface area contributed by atoms with Gasteiger partial charge < -0.3 is 5.32 Å². The standard InChI is InChI=1S/C18H21FN2O3S2/c1-13(14-4-6-16(19)7-5-14)20-18(22)15-8-10-21(11-9-15)26(23,24)17-3-2-12-25-17/h2-7,12-13,15H,8-11H2,1H3,(H,20,22)/t13-/m0/s1. The largest absolute Gasteiger partial charge is 0.349 e. The van der Waals surface area contributed by atoms with E-state index in [4.69, 9.17) is 0 Å². The van der Waals surface area contributed by atoms with E-state index in [-0.39, 0.29) is 23.7 Å². The smallest absolute Gasteiger partial charge is 0.252 e. The van der Waals surface area contributed by atoms with Crippen LogP contribution in [0.15, 0.2) is 46.0 Å². The minimum Gasteiger partial charge on any atom is -0.349 e. The van der Waals surface area contributed by atoms with Gasteiger partial charge in [0.25, 0.3) is 10.0 Å². The summed E-state index contributed by atoms with van der Waals surface area (Å²) in [5, 5.41) is 4.68. The average Bonchev–Trinajstić information content (AvgIpc) is 3.18. The minimum absolute atomic E-state index is 0.0880. The molecular formula is C18H21FN2O3S2. The SMILES string of the molecule is C[C@H](NC(=O)C1CCN(S(=O)(=O)c2cccs2)CC1)c1ccc(F)cc1. The van der Waals surface area contributed by atoms with Crippen molar-refractivity contribution in [1.82, 2.24) is 9.62 Å². The monoisotopic (exact) mass is 396 g/mol. The first kappa shape index (κ1) is 19.0. The summed E-state index contributed by atoms with van der Waals surface area (Å²) in [4.78, 5) is 12.5. The number of hydrogen-bond donors (Lipinski definition) is 1. The van der Waals surface area contributed by atoms with Crippen LogP contribution in [0.1, 0.15) is 31.4 Å². The van der Waals surface area contributed by atoms with Gasteiger partial charge in [-0.25, -0.2) is 12.8 Å². The van der Waals surface area contributed by atoms with Crippen molar-refractivity contribution >= 4 is 27.3 Å². The van der Waals surface area contributed by atoms with Gasteiger partial charge in [-0.15, -0.1) is 11.3 Å². The fourth-order valence-electron chi connectivity index (χ4n) is 3.06. The Morgan fingerprint density at radius 1 is 1.23 bits per heavy atom. The number of carbonyl (C=O) groups excluding carboxylic acids is 1. The van der Waals surface area contributed by atoms with Crippen LogP contribution in [0.2, 0.25) is 0 Å². The number of halogens is 1. The summed E-state index contributed by atoms with van der Waals surface area (Å²) in [5.41, 5.74) is 0.831. The molecule has 26 heavy (non-hydrogen) atoms. The van der Waals surface area contributed by atoms with Crippen LogP contribution in [0, 0.1) is 11.7 Å². The molecule has 140 valence electrons. The minimum atomic E-state index is -3.45. The van der Waals surface area contributed by atoms with Crippen LogP contribution in [-0.4, -0.2) is 31.7 Å². The predicted octanol–water partition coefficient (Wildman–Crippen LogP) is 3.17. The highest BCUT2D eigenvalue weighted by atomic mass is 32.2. The van der Waals surface area contributed by atoms with Crippen LogP contribution in [0.3, 0.4) is 0 Å². The van der Waals surface area contributed by atoms with Crippen molar-refractivity contribution in [1.29, 1.82) is 0 Å². The second-order valence-electron chi connectivity index (χ2n) is 6.39. The third kappa shape index (κ3) is 4.13. The number of hydrogen-bond acceptors (Lipinski definition) is 4. The van der Waals surface area contributed by atoms with Gasteiger partial charge in [0.15, 0.2) is 0 Å². The molecule has 1 aliphatic rings. The molecule has 0 unspecified atom stereocenters. The predicted molar refractivity (Wildman–Crippen MR) is 98.8 cm³/mol. The van der Waals surface area contributed by atoms with Gasteiger partial charge in [0.2, 0.25) is 5.91 Å². The maximum atomic E-state index is 13.0. The Bertz CT molecular complexity index is 843. The van der Waals surface area contributed by atoms with Gasteiger partial charge in [0.05, 0.1) is 6.04 Å². The molecule has 0 aliphatic carbocycles. The van der Waals surface area contributed by atoms with Crippen molar-refractivity contribution in [2.24, 2.45) is 5.92 Å².